The number of nitro benzene ring substituents is 1. The van der Waals surface area contributed by atoms with E-state index in [0.29, 0.717) is 10.6 Å². The molecule has 0 heterocycles. The van der Waals surface area contributed by atoms with Gasteiger partial charge in [-0.2, -0.15) is 0 Å². The number of nitrogens with zero attached hydrogens (tertiary/aromatic N) is 3. The summed E-state index contributed by atoms with van der Waals surface area (Å²) in [6.07, 6.45) is 0. The molecular formula is C27H29ClN4O6S. The molecule has 0 radical (unpaired) electrons. The fourth-order valence-corrected chi connectivity index (χ4v) is 5.47. The van der Waals surface area contributed by atoms with Crippen molar-refractivity contribution < 1.29 is 22.9 Å². The Balaban J connectivity index is 2.07. The van der Waals surface area contributed by atoms with Crippen LogP contribution in [-0.2, 0) is 26.2 Å². The van der Waals surface area contributed by atoms with E-state index >= 15 is 0 Å². The lowest BCUT2D eigenvalue weighted by Crippen LogP contribution is -2.52. The molecule has 0 saturated heterocycles. The number of non-ortho nitro benzene ring substituents is 1. The number of benzene rings is 3. The number of anilines is 1. The van der Waals surface area contributed by atoms with Gasteiger partial charge in [0.05, 0.1) is 15.5 Å². The van der Waals surface area contributed by atoms with Crippen LogP contribution in [-0.4, -0.2) is 48.7 Å². The number of hydrogen-bond donors (Lipinski definition) is 1. The number of nitro groups is 1. The van der Waals surface area contributed by atoms with Crippen LogP contribution in [0.5, 0.6) is 0 Å². The van der Waals surface area contributed by atoms with E-state index in [-0.39, 0.29) is 28.9 Å². The molecule has 206 valence electrons. The second kappa shape index (κ2) is 12.7. The summed E-state index contributed by atoms with van der Waals surface area (Å²) in [4.78, 5) is 38.7. The van der Waals surface area contributed by atoms with Crippen LogP contribution in [0.2, 0.25) is 5.02 Å². The normalized spacial score (nSPS) is 12.0. The fraction of sp³-hybridized carbons (Fsp3) is 0.259. The second-order valence-electron chi connectivity index (χ2n) is 9.09. The van der Waals surface area contributed by atoms with Gasteiger partial charge in [-0.15, -0.1) is 0 Å². The van der Waals surface area contributed by atoms with Gasteiger partial charge in [-0.05, 0) is 56.7 Å². The van der Waals surface area contributed by atoms with Crippen molar-refractivity contribution in [1.29, 1.82) is 0 Å². The Morgan fingerprint density at radius 3 is 2.26 bits per heavy atom. The van der Waals surface area contributed by atoms with Crippen molar-refractivity contribution in [3.63, 3.8) is 0 Å². The molecule has 1 N–H and O–H groups in total. The first-order valence-electron chi connectivity index (χ1n) is 12.1. The van der Waals surface area contributed by atoms with E-state index in [4.69, 9.17) is 11.6 Å². The maximum atomic E-state index is 13.8. The summed E-state index contributed by atoms with van der Waals surface area (Å²) >= 11 is 6.13. The average Bonchev–Trinajstić information content (AvgIpc) is 2.90. The zero-order valence-electron chi connectivity index (χ0n) is 21.7. The van der Waals surface area contributed by atoms with Crippen molar-refractivity contribution in [3.8, 4) is 0 Å². The number of sulfonamides is 1. The number of amides is 2. The summed E-state index contributed by atoms with van der Waals surface area (Å²) in [6, 6.07) is 18.1. The minimum Gasteiger partial charge on any atom is -0.352 e. The summed E-state index contributed by atoms with van der Waals surface area (Å²) in [5.41, 5.74) is 0.227. The Morgan fingerprint density at radius 2 is 1.64 bits per heavy atom. The van der Waals surface area contributed by atoms with Gasteiger partial charge in [0, 0.05) is 29.7 Å². The maximum absolute atomic E-state index is 13.8. The van der Waals surface area contributed by atoms with Gasteiger partial charge >= 0.3 is 0 Å². The average molecular weight is 573 g/mol. The van der Waals surface area contributed by atoms with Crippen LogP contribution in [0.4, 0.5) is 11.4 Å². The van der Waals surface area contributed by atoms with Crippen LogP contribution in [0.25, 0.3) is 0 Å². The van der Waals surface area contributed by atoms with Gasteiger partial charge in [0.25, 0.3) is 15.7 Å². The van der Waals surface area contributed by atoms with E-state index in [0.717, 1.165) is 10.4 Å². The number of halogens is 1. The maximum Gasteiger partial charge on any atom is 0.271 e. The third kappa shape index (κ3) is 7.55. The van der Waals surface area contributed by atoms with Crippen LogP contribution < -0.4 is 9.62 Å². The van der Waals surface area contributed by atoms with Gasteiger partial charge in [0.1, 0.15) is 12.6 Å². The Morgan fingerprint density at radius 1 is 0.974 bits per heavy atom. The van der Waals surface area contributed by atoms with Crippen molar-refractivity contribution >= 4 is 44.8 Å². The molecule has 0 aromatic heterocycles. The molecule has 0 aliphatic rings. The third-order valence-corrected chi connectivity index (χ3v) is 7.80. The molecule has 3 aromatic carbocycles. The highest BCUT2D eigenvalue weighted by molar-refractivity contribution is 7.92. The molecule has 2 amide bonds. The second-order valence-corrected chi connectivity index (χ2v) is 11.4. The van der Waals surface area contributed by atoms with Crippen molar-refractivity contribution in [3.05, 3.63) is 99.6 Å². The number of carbonyl (C=O) groups is 2. The number of carbonyl (C=O) groups excluding carboxylic acids is 2. The van der Waals surface area contributed by atoms with Crippen LogP contribution >= 0.6 is 11.6 Å². The molecule has 39 heavy (non-hydrogen) atoms. The first-order valence-corrected chi connectivity index (χ1v) is 13.9. The molecule has 10 nitrogen and oxygen atoms in total. The molecule has 12 heteroatoms. The van der Waals surface area contributed by atoms with Crippen molar-refractivity contribution in [1.82, 2.24) is 10.2 Å². The smallest absolute Gasteiger partial charge is 0.271 e. The minimum absolute atomic E-state index is 0.0275. The summed E-state index contributed by atoms with van der Waals surface area (Å²) in [7, 11) is -4.33. The molecule has 1 atom stereocenters. The Bertz CT molecular complexity index is 1450. The standard InChI is InChI=1S/C27H29ClN4O6S/c1-19(2)29-27(34)20(3)30(17-21-9-7-10-22(28)15-21)26(33)18-31(23-11-8-12-24(16-23)32(35)36)39(37,38)25-13-5-4-6-14-25/h4-16,19-20H,17-18H2,1-3H3,(H,29,34). The summed E-state index contributed by atoms with van der Waals surface area (Å²) in [5, 5.41) is 14.6. The molecule has 0 fully saturated rings. The largest absolute Gasteiger partial charge is 0.352 e. The highest BCUT2D eigenvalue weighted by atomic mass is 35.5. The lowest BCUT2D eigenvalue weighted by Gasteiger charge is -2.32. The highest BCUT2D eigenvalue weighted by Crippen LogP contribution is 2.27. The molecule has 0 saturated carbocycles. The summed E-state index contributed by atoms with van der Waals surface area (Å²) < 4.78 is 28.2. The van der Waals surface area contributed by atoms with E-state index in [1.807, 2.05) is 0 Å². The van der Waals surface area contributed by atoms with E-state index in [1.165, 1.54) is 47.4 Å². The van der Waals surface area contributed by atoms with Crippen LogP contribution in [0.15, 0.2) is 83.8 Å². The van der Waals surface area contributed by atoms with Gasteiger partial charge in [0.2, 0.25) is 11.8 Å². The zero-order valence-corrected chi connectivity index (χ0v) is 23.2. The third-order valence-electron chi connectivity index (χ3n) is 5.78. The fourth-order valence-electron chi connectivity index (χ4n) is 3.83. The summed E-state index contributed by atoms with van der Waals surface area (Å²) in [6.45, 7) is 4.37. The van der Waals surface area contributed by atoms with Crippen LogP contribution in [0.3, 0.4) is 0 Å². The van der Waals surface area contributed by atoms with Crippen molar-refractivity contribution in [2.24, 2.45) is 0 Å². The molecule has 1 unspecified atom stereocenters. The summed E-state index contributed by atoms with van der Waals surface area (Å²) in [5.74, 6) is -1.11. The van der Waals surface area contributed by atoms with Gasteiger partial charge < -0.3 is 10.2 Å². The first kappa shape index (κ1) is 29.6. The van der Waals surface area contributed by atoms with E-state index in [1.54, 1.807) is 51.1 Å². The highest BCUT2D eigenvalue weighted by Gasteiger charge is 2.33. The Hall–Kier alpha value is -3.96. The minimum atomic E-state index is -4.33. The Kier molecular flexibility index (Phi) is 9.66. The first-order chi connectivity index (χ1) is 18.4. The predicted molar refractivity (Wildman–Crippen MR) is 149 cm³/mol. The van der Waals surface area contributed by atoms with Crippen molar-refractivity contribution in [2.45, 2.75) is 44.3 Å². The van der Waals surface area contributed by atoms with Gasteiger partial charge in [-0.25, -0.2) is 8.42 Å². The van der Waals surface area contributed by atoms with Crippen LogP contribution in [0, 0.1) is 10.1 Å². The topological polar surface area (TPSA) is 130 Å². The number of hydrogen-bond acceptors (Lipinski definition) is 6. The van der Waals surface area contributed by atoms with Crippen LogP contribution in [0.1, 0.15) is 26.3 Å². The van der Waals surface area contributed by atoms with Gasteiger partial charge in [0.15, 0.2) is 0 Å². The molecule has 0 bridgehead atoms. The van der Waals surface area contributed by atoms with Gasteiger partial charge in [-0.1, -0.05) is 48.0 Å². The molecule has 0 aliphatic carbocycles. The van der Waals surface area contributed by atoms with Gasteiger partial charge in [-0.3, -0.25) is 24.0 Å². The zero-order chi connectivity index (χ0) is 28.7. The quantitative estimate of drug-likeness (QED) is 0.268. The predicted octanol–water partition coefficient (Wildman–Crippen LogP) is 4.39. The SMILES string of the molecule is CC(C)NC(=O)C(C)N(Cc1cccc(Cl)c1)C(=O)CN(c1cccc([N+](=O)[O-])c1)S(=O)(=O)c1ccccc1. The number of nitrogens with one attached hydrogen (secondary N) is 1. The molecule has 0 spiro atoms. The lowest BCUT2D eigenvalue weighted by atomic mass is 10.1. The monoisotopic (exact) mass is 572 g/mol. The number of rotatable bonds is 11. The molecule has 3 aromatic rings. The van der Waals surface area contributed by atoms with E-state index in [2.05, 4.69) is 5.32 Å². The molecule has 3 rings (SSSR count). The van der Waals surface area contributed by atoms with E-state index < -0.39 is 39.3 Å². The molecule has 0 aliphatic heterocycles. The molecular weight excluding hydrogens is 544 g/mol. The lowest BCUT2D eigenvalue weighted by molar-refractivity contribution is -0.384. The Labute approximate surface area is 232 Å². The van der Waals surface area contributed by atoms with Crippen molar-refractivity contribution in [2.75, 3.05) is 10.8 Å². The van der Waals surface area contributed by atoms with E-state index in [9.17, 15) is 28.1 Å².